The first-order valence-corrected chi connectivity index (χ1v) is 16.2. The number of carboxylic acids is 1. The summed E-state index contributed by atoms with van der Waals surface area (Å²) in [5.74, 6) is -2.40. The highest BCUT2D eigenvalue weighted by molar-refractivity contribution is 8.00. The third-order valence-corrected chi connectivity index (χ3v) is 10.0. The monoisotopic (exact) mass is 638 g/mol. The molecule has 0 unspecified atom stereocenters. The lowest BCUT2D eigenvalue weighted by atomic mass is 10.0. The van der Waals surface area contributed by atoms with Crippen molar-refractivity contribution in [3.63, 3.8) is 0 Å². The van der Waals surface area contributed by atoms with Gasteiger partial charge in [0.1, 0.15) is 36.0 Å². The molecule has 0 bridgehead atoms. The van der Waals surface area contributed by atoms with Crippen molar-refractivity contribution in [2.75, 3.05) is 18.0 Å². The number of pyridine rings is 1. The van der Waals surface area contributed by atoms with Gasteiger partial charge >= 0.3 is 5.97 Å². The number of carboxylic acid groups (broad SMARTS) is 1. The van der Waals surface area contributed by atoms with E-state index in [1.807, 2.05) is 36.1 Å². The zero-order valence-electron chi connectivity index (χ0n) is 24.0. The Hall–Kier alpha value is -4.24. The number of aromatic nitrogens is 2. The fourth-order valence-corrected chi connectivity index (χ4v) is 7.56. The molecule has 2 aromatic heterocycles. The van der Waals surface area contributed by atoms with Gasteiger partial charge in [0.25, 0.3) is 11.8 Å². The largest absolute Gasteiger partial charge is 0.477 e. The first-order chi connectivity index (χ1) is 21.2. The van der Waals surface area contributed by atoms with Crippen LogP contribution in [0.5, 0.6) is 0 Å². The molecule has 4 aliphatic rings. The van der Waals surface area contributed by atoms with Crippen LogP contribution in [0.25, 0.3) is 0 Å². The first kappa shape index (κ1) is 29.8. The number of oxime groups is 1. The number of aliphatic carboxylic acids is 1. The molecule has 4 N–H and O–H groups in total. The average molecular weight is 639 g/mol. The summed E-state index contributed by atoms with van der Waals surface area (Å²) in [4.78, 5) is 64.9. The van der Waals surface area contributed by atoms with Crippen molar-refractivity contribution in [1.82, 2.24) is 20.1 Å². The van der Waals surface area contributed by atoms with E-state index in [1.165, 1.54) is 16.7 Å². The maximum absolute atomic E-state index is 13.3. The lowest BCUT2D eigenvalue weighted by Gasteiger charge is -2.49. The normalized spacial score (nSPS) is 23.3. The molecule has 3 amide bonds. The topological polar surface area (TPSA) is 171 Å². The smallest absolute Gasteiger partial charge is 0.352 e. The lowest BCUT2D eigenvalue weighted by molar-refractivity contribution is -0.671. The third kappa shape index (κ3) is 5.93. The van der Waals surface area contributed by atoms with Crippen molar-refractivity contribution in [3.8, 4) is 0 Å². The number of fused-ring (bicyclic) bond motifs is 1. The molecule has 5 heterocycles. The second-order valence-electron chi connectivity index (χ2n) is 11.1. The van der Waals surface area contributed by atoms with Crippen LogP contribution in [0, 0.1) is 0 Å². The number of amides is 3. The molecular formula is C29H32N7O6S2+. The summed E-state index contributed by atoms with van der Waals surface area (Å²) < 4.78 is 1.91. The number of hydrogen-bond acceptors (Lipinski definition) is 10. The van der Waals surface area contributed by atoms with Crippen molar-refractivity contribution < 1.29 is 33.7 Å². The quantitative estimate of drug-likeness (QED) is 0.120. The van der Waals surface area contributed by atoms with Gasteiger partial charge in [0.15, 0.2) is 23.2 Å². The number of carbonyl (C=O) groups is 4. The van der Waals surface area contributed by atoms with Crippen LogP contribution in [0.2, 0.25) is 0 Å². The Balaban J connectivity index is 1.17. The Morgan fingerprint density at radius 1 is 1.27 bits per heavy atom. The Bertz CT molecular complexity index is 1600. The summed E-state index contributed by atoms with van der Waals surface area (Å²) in [5, 5.41) is 18.1. The molecular weight excluding hydrogens is 606 g/mol. The van der Waals surface area contributed by atoms with Crippen LogP contribution in [0.4, 0.5) is 5.13 Å². The molecule has 15 heteroatoms. The predicted octanol–water partition coefficient (Wildman–Crippen LogP) is 1.31. The van der Waals surface area contributed by atoms with E-state index < -0.39 is 29.2 Å². The SMILES string of the molecule is C[n+]1ccc(CN2CC/C(=C\C3=C(C(=O)O)N4C(=O)[C@@H](NC(=O)/C(=N\OC5CCCC5)c5csc(N)n5)[C@H]4SC3)C2=O)cc1. The molecule has 6 rings (SSSR count). The predicted molar refractivity (Wildman–Crippen MR) is 162 cm³/mol. The van der Waals surface area contributed by atoms with Crippen LogP contribution in [-0.4, -0.2) is 79.1 Å². The number of thioether (sulfide) groups is 1. The van der Waals surface area contributed by atoms with Crippen LogP contribution in [0.1, 0.15) is 43.4 Å². The number of hydrogen-bond donors (Lipinski definition) is 3. The van der Waals surface area contributed by atoms with Gasteiger partial charge in [-0.3, -0.25) is 19.3 Å². The fourth-order valence-electron chi connectivity index (χ4n) is 5.71. The van der Waals surface area contributed by atoms with Gasteiger partial charge in [-0.15, -0.1) is 23.1 Å². The third-order valence-electron chi connectivity index (χ3n) is 8.04. The van der Waals surface area contributed by atoms with Gasteiger partial charge in [0, 0.05) is 41.9 Å². The molecule has 0 spiro atoms. The number of allylic oxidation sites excluding steroid dienone is 1. The second-order valence-corrected chi connectivity index (χ2v) is 13.1. The van der Waals surface area contributed by atoms with Crippen LogP contribution < -0.4 is 15.6 Å². The summed E-state index contributed by atoms with van der Waals surface area (Å²) in [6.45, 7) is 0.974. The van der Waals surface area contributed by atoms with Crippen molar-refractivity contribution in [2.45, 2.75) is 56.2 Å². The van der Waals surface area contributed by atoms with E-state index in [0.29, 0.717) is 30.7 Å². The fraction of sp³-hybridized carbons (Fsp3) is 0.414. The van der Waals surface area contributed by atoms with Gasteiger partial charge in [0.05, 0.1) is 0 Å². The highest BCUT2D eigenvalue weighted by Gasteiger charge is 2.54. The number of nitrogens with zero attached hydrogens (tertiary/aromatic N) is 5. The van der Waals surface area contributed by atoms with E-state index in [1.54, 1.807) is 16.4 Å². The summed E-state index contributed by atoms with van der Waals surface area (Å²) in [5.41, 5.74) is 7.63. The Kier molecular flexibility index (Phi) is 8.40. The molecule has 0 radical (unpaired) electrons. The Morgan fingerprint density at radius 2 is 2.02 bits per heavy atom. The number of carbonyl (C=O) groups excluding carboxylic acids is 3. The number of likely N-dealkylation sites (tertiary alicyclic amines) is 1. The summed E-state index contributed by atoms with van der Waals surface area (Å²) in [7, 11) is 1.92. The molecule has 13 nitrogen and oxygen atoms in total. The van der Waals surface area contributed by atoms with E-state index in [4.69, 9.17) is 10.6 Å². The van der Waals surface area contributed by atoms with E-state index in [2.05, 4.69) is 15.5 Å². The molecule has 2 saturated heterocycles. The molecule has 0 aromatic carbocycles. The zero-order chi connectivity index (χ0) is 31.0. The minimum atomic E-state index is -1.27. The summed E-state index contributed by atoms with van der Waals surface area (Å²) in [6.07, 6.45) is 9.54. The maximum Gasteiger partial charge on any atom is 0.352 e. The van der Waals surface area contributed by atoms with Crippen LogP contribution in [0.15, 0.2) is 58.0 Å². The number of rotatable bonds is 9. The number of nitrogens with one attached hydrogen (secondary N) is 1. The zero-order valence-corrected chi connectivity index (χ0v) is 25.6. The van der Waals surface area contributed by atoms with Gasteiger partial charge in [0.2, 0.25) is 5.91 Å². The molecule has 44 heavy (non-hydrogen) atoms. The number of β-lactam (4-membered cyclic amide) rings is 1. The summed E-state index contributed by atoms with van der Waals surface area (Å²) in [6, 6.07) is 2.93. The van der Waals surface area contributed by atoms with Crippen molar-refractivity contribution in [1.29, 1.82) is 0 Å². The van der Waals surface area contributed by atoms with Crippen LogP contribution >= 0.6 is 23.1 Å². The Labute approximate surface area is 261 Å². The highest BCUT2D eigenvalue weighted by Crippen LogP contribution is 2.41. The highest BCUT2D eigenvalue weighted by atomic mass is 32.2. The number of nitrogens with two attached hydrogens (primary N) is 1. The summed E-state index contributed by atoms with van der Waals surface area (Å²) >= 11 is 2.47. The molecule has 230 valence electrons. The van der Waals surface area contributed by atoms with Crippen LogP contribution in [0.3, 0.4) is 0 Å². The van der Waals surface area contributed by atoms with Crippen molar-refractivity contribution in [3.05, 3.63) is 64.1 Å². The molecule has 2 aromatic rings. The molecule has 2 atom stereocenters. The standard InChI is InChI=1S/C29H31N7O6S2/c1-34-9-6-16(7-10-34)13-35-11-8-17(25(35)38)12-18-14-43-27-22(26(39)36(27)23(18)28(40)41)32-24(37)21(20-15-44-29(30)31-20)33-42-19-4-2-3-5-19/h6-7,9-10,12,15,19,22,27H,2-5,8,11,13-14H2,1H3,(H3-,30,31,32,37,40,41)/p+1/b17-12+,33-21-/t22-,27-/m1/s1. The first-order valence-electron chi connectivity index (χ1n) is 14.3. The molecule has 1 aliphatic carbocycles. The number of nitrogen functional groups attached to an aromatic ring is 1. The van der Waals surface area contributed by atoms with E-state index in [0.717, 1.165) is 42.6 Å². The van der Waals surface area contributed by atoms with E-state index in [9.17, 15) is 24.3 Å². The average Bonchev–Trinajstić information content (AvgIpc) is 3.76. The molecule has 1 saturated carbocycles. The molecule has 3 aliphatic heterocycles. The van der Waals surface area contributed by atoms with E-state index >= 15 is 0 Å². The maximum atomic E-state index is 13.3. The molecule has 3 fully saturated rings. The minimum absolute atomic E-state index is 0.0926. The van der Waals surface area contributed by atoms with Gasteiger partial charge in [-0.1, -0.05) is 5.16 Å². The lowest BCUT2D eigenvalue weighted by Crippen LogP contribution is -2.71. The number of aryl methyl sites for hydroxylation is 1. The van der Waals surface area contributed by atoms with Gasteiger partial charge in [-0.05, 0) is 49.3 Å². The van der Waals surface area contributed by atoms with Crippen molar-refractivity contribution in [2.24, 2.45) is 12.2 Å². The second kappa shape index (κ2) is 12.4. The van der Waals surface area contributed by atoms with Gasteiger partial charge < -0.3 is 25.9 Å². The van der Waals surface area contributed by atoms with Crippen molar-refractivity contribution >= 4 is 57.6 Å². The number of anilines is 1. The number of thiazole rings is 1. The Morgan fingerprint density at radius 3 is 2.70 bits per heavy atom. The van der Waals surface area contributed by atoms with Gasteiger partial charge in [-0.2, -0.15) is 0 Å². The van der Waals surface area contributed by atoms with Crippen LogP contribution in [-0.2, 0) is 37.6 Å². The van der Waals surface area contributed by atoms with Gasteiger partial charge in [-0.25, -0.2) is 14.3 Å². The minimum Gasteiger partial charge on any atom is -0.477 e. The van der Waals surface area contributed by atoms with E-state index in [-0.39, 0.29) is 40.0 Å².